The fourth-order valence-electron chi connectivity index (χ4n) is 1.64. The van der Waals surface area contributed by atoms with Crippen LogP contribution in [-0.4, -0.2) is 17.3 Å². The zero-order chi connectivity index (χ0) is 12.1. The molecular weight excluding hydrogens is 222 g/mol. The average Bonchev–Trinajstić information content (AvgIpc) is 2.29. The van der Waals surface area contributed by atoms with Crippen molar-refractivity contribution in [1.29, 1.82) is 0 Å². The molecule has 16 heavy (non-hydrogen) atoms. The van der Waals surface area contributed by atoms with Crippen LogP contribution in [0, 0.1) is 5.92 Å². The number of aliphatic carboxylic acids is 1. The van der Waals surface area contributed by atoms with Crippen molar-refractivity contribution in [2.75, 3.05) is 6.26 Å². The molecule has 1 rings (SSSR count). The second-order valence-electron chi connectivity index (χ2n) is 3.65. The molecule has 2 atom stereocenters. The van der Waals surface area contributed by atoms with E-state index in [1.807, 2.05) is 37.4 Å². The molecule has 0 fully saturated rings. The van der Waals surface area contributed by atoms with Crippen LogP contribution in [-0.2, 0) is 4.79 Å². The first-order chi connectivity index (χ1) is 7.60. The van der Waals surface area contributed by atoms with Gasteiger partial charge >= 0.3 is 5.97 Å². The summed E-state index contributed by atoms with van der Waals surface area (Å²) < 4.78 is 0. The molecule has 3 nitrogen and oxygen atoms in total. The molecule has 88 valence electrons. The molecule has 3 N–H and O–H groups in total. The summed E-state index contributed by atoms with van der Waals surface area (Å²) in [6, 6.07) is 7.31. The van der Waals surface area contributed by atoms with E-state index in [4.69, 9.17) is 10.8 Å². The van der Waals surface area contributed by atoms with Gasteiger partial charge in [-0.05, 0) is 30.4 Å². The van der Waals surface area contributed by atoms with E-state index in [2.05, 4.69) is 0 Å². The van der Waals surface area contributed by atoms with Crippen LogP contribution < -0.4 is 5.73 Å². The summed E-state index contributed by atoms with van der Waals surface area (Å²) in [5.41, 5.74) is 6.84. The van der Waals surface area contributed by atoms with Gasteiger partial charge < -0.3 is 10.8 Å². The van der Waals surface area contributed by atoms with Crippen LogP contribution in [0.5, 0.6) is 0 Å². The third-order valence-corrected chi connectivity index (χ3v) is 3.43. The molecule has 0 heterocycles. The van der Waals surface area contributed by atoms with Gasteiger partial charge in [0.2, 0.25) is 0 Å². The first-order valence-electron chi connectivity index (χ1n) is 5.22. The summed E-state index contributed by atoms with van der Waals surface area (Å²) in [7, 11) is 0. The lowest BCUT2D eigenvalue weighted by molar-refractivity contribution is -0.142. The van der Waals surface area contributed by atoms with Gasteiger partial charge in [0.05, 0.1) is 5.92 Å². The van der Waals surface area contributed by atoms with Crippen LogP contribution in [0.2, 0.25) is 0 Å². The van der Waals surface area contributed by atoms with E-state index in [1.165, 1.54) is 0 Å². The molecule has 1 aromatic rings. The summed E-state index contributed by atoms with van der Waals surface area (Å²) in [4.78, 5) is 12.1. The van der Waals surface area contributed by atoms with Gasteiger partial charge in [-0.15, -0.1) is 11.8 Å². The van der Waals surface area contributed by atoms with Crippen molar-refractivity contribution in [2.24, 2.45) is 11.7 Å². The van der Waals surface area contributed by atoms with Crippen molar-refractivity contribution < 1.29 is 9.90 Å². The molecule has 0 bridgehead atoms. The Morgan fingerprint density at radius 2 is 2.00 bits per heavy atom. The number of thioether (sulfide) groups is 1. The van der Waals surface area contributed by atoms with Crippen molar-refractivity contribution in [3.63, 3.8) is 0 Å². The van der Waals surface area contributed by atoms with Crippen LogP contribution in [0.3, 0.4) is 0 Å². The summed E-state index contributed by atoms with van der Waals surface area (Å²) in [5, 5.41) is 9.02. The van der Waals surface area contributed by atoms with Gasteiger partial charge in [-0.1, -0.05) is 19.1 Å². The minimum atomic E-state index is -0.830. The molecule has 0 aliphatic rings. The smallest absolute Gasteiger partial charge is 0.308 e. The monoisotopic (exact) mass is 239 g/mol. The largest absolute Gasteiger partial charge is 0.481 e. The summed E-state index contributed by atoms with van der Waals surface area (Å²) >= 11 is 1.65. The lowest BCUT2D eigenvalue weighted by Crippen LogP contribution is -2.27. The highest BCUT2D eigenvalue weighted by molar-refractivity contribution is 7.98. The van der Waals surface area contributed by atoms with E-state index in [9.17, 15) is 4.79 Å². The average molecular weight is 239 g/mol. The van der Waals surface area contributed by atoms with E-state index in [0.717, 1.165) is 10.5 Å². The van der Waals surface area contributed by atoms with Crippen LogP contribution in [0.1, 0.15) is 24.9 Å². The van der Waals surface area contributed by atoms with Gasteiger partial charge in [-0.25, -0.2) is 0 Å². The Bertz CT molecular complexity index is 351. The zero-order valence-electron chi connectivity index (χ0n) is 9.51. The van der Waals surface area contributed by atoms with E-state index in [1.54, 1.807) is 11.8 Å². The second kappa shape index (κ2) is 5.92. The number of carboxylic acids is 1. The highest BCUT2D eigenvalue weighted by Gasteiger charge is 2.24. The quantitative estimate of drug-likeness (QED) is 0.775. The van der Waals surface area contributed by atoms with E-state index in [0.29, 0.717) is 6.42 Å². The Kier molecular flexibility index (Phi) is 4.83. The molecule has 2 unspecified atom stereocenters. The maximum atomic E-state index is 11.0. The number of carbonyl (C=O) groups is 1. The Labute approximate surface area is 100 Å². The molecule has 0 radical (unpaired) electrons. The van der Waals surface area contributed by atoms with Gasteiger partial charge in [0.1, 0.15) is 0 Å². The Morgan fingerprint density at radius 3 is 2.38 bits per heavy atom. The maximum Gasteiger partial charge on any atom is 0.308 e. The SMILES string of the molecule is CCC(C(=O)O)C(N)c1ccc(SC)cc1. The van der Waals surface area contributed by atoms with E-state index >= 15 is 0 Å². The summed E-state index contributed by atoms with van der Waals surface area (Å²) in [5.74, 6) is -1.34. The highest BCUT2D eigenvalue weighted by Crippen LogP contribution is 2.24. The Morgan fingerprint density at radius 1 is 1.44 bits per heavy atom. The molecule has 1 aromatic carbocycles. The molecular formula is C12H17NO2S. The Hall–Kier alpha value is -1.00. The summed E-state index contributed by atoms with van der Waals surface area (Å²) in [6.45, 7) is 1.84. The summed E-state index contributed by atoms with van der Waals surface area (Å²) in [6.07, 6.45) is 2.54. The van der Waals surface area contributed by atoms with Gasteiger partial charge in [0.25, 0.3) is 0 Å². The van der Waals surface area contributed by atoms with Crippen molar-refractivity contribution in [3.8, 4) is 0 Å². The number of rotatable bonds is 5. The fourth-order valence-corrected chi connectivity index (χ4v) is 2.05. The minimum absolute atomic E-state index is 0.432. The highest BCUT2D eigenvalue weighted by atomic mass is 32.2. The molecule has 0 spiro atoms. The molecule has 0 amide bonds. The Balaban J connectivity index is 2.86. The third kappa shape index (κ3) is 3.00. The van der Waals surface area contributed by atoms with Crippen LogP contribution in [0.4, 0.5) is 0 Å². The predicted molar refractivity (Wildman–Crippen MR) is 66.6 cm³/mol. The van der Waals surface area contributed by atoms with Crippen molar-refractivity contribution in [1.82, 2.24) is 0 Å². The molecule has 0 saturated carbocycles. The van der Waals surface area contributed by atoms with Crippen LogP contribution in [0.15, 0.2) is 29.2 Å². The van der Waals surface area contributed by atoms with Gasteiger partial charge in [0, 0.05) is 10.9 Å². The topological polar surface area (TPSA) is 63.3 Å². The first kappa shape index (κ1) is 13.1. The minimum Gasteiger partial charge on any atom is -0.481 e. The number of hydrogen-bond donors (Lipinski definition) is 2. The van der Waals surface area contributed by atoms with Gasteiger partial charge in [0.15, 0.2) is 0 Å². The maximum absolute atomic E-state index is 11.0. The lowest BCUT2D eigenvalue weighted by Gasteiger charge is -2.19. The molecule has 0 aliphatic heterocycles. The third-order valence-electron chi connectivity index (χ3n) is 2.69. The lowest BCUT2D eigenvalue weighted by atomic mass is 9.92. The second-order valence-corrected chi connectivity index (χ2v) is 4.53. The van der Waals surface area contributed by atoms with Crippen molar-refractivity contribution >= 4 is 17.7 Å². The van der Waals surface area contributed by atoms with Crippen LogP contribution in [0.25, 0.3) is 0 Å². The number of hydrogen-bond acceptors (Lipinski definition) is 3. The van der Waals surface area contributed by atoms with E-state index < -0.39 is 17.9 Å². The van der Waals surface area contributed by atoms with E-state index in [-0.39, 0.29) is 0 Å². The standard InChI is InChI=1S/C12H17NO2S/c1-3-10(12(14)15)11(13)8-4-6-9(16-2)7-5-8/h4-7,10-11H,3,13H2,1-2H3,(H,14,15). The van der Waals surface area contributed by atoms with Crippen LogP contribution >= 0.6 is 11.8 Å². The zero-order valence-corrected chi connectivity index (χ0v) is 10.3. The predicted octanol–water partition coefficient (Wildman–Crippen LogP) is 2.52. The number of benzene rings is 1. The molecule has 4 heteroatoms. The first-order valence-corrected chi connectivity index (χ1v) is 6.45. The van der Waals surface area contributed by atoms with Crippen molar-refractivity contribution in [3.05, 3.63) is 29.8 Å². The van der Waals surface area contributed by atoms with Gasteiger partial charge in [-0.2, -0.15) is 0 Å². The fraction of sp³-hybridized carbons (Fsp3) is 0.417. The number of nitrogens with two attached hydrogens (primary N) is 1. The molecule has 0 aliphatic carbocycles. The number of carboxylic acid groups (broad SMARTS) is 1. The van der Waals surface area contributed by atoms with Crippen molar-refractivity contribution in [2.45, 2.75) is 24.3 Å². The van der Waals surface area contributed by atoms with Gasteiger partial charge in [-0.3, -0.25) is 4.79 Å². The normalized spacial score (nSPS) is 14.4. The molecule has 0 saturated heterocycles. The molecule has 0 aromatic heterocycles.